The second-order valence-electron chi connectivity index (χ2n) is 10.8. The Morgan fingerprint density at radius 1 is 0.947 bits per heavy atom. The van der Waals surface area contributed by atoms with Crippen LogP contribution in [0.15, 0.2) is 30.6 Å². The first-order chi connectivity index (χ1) is 18.3. The molecule has 3 rings (SSSR count). The maximum atomic E-state index is 11.8. The second-order valence-corrected chi connectivity index (χ2v) is 10.8. The van der Waals surface area contributed by atoms with Crippen LogP contribution in [-0.4, -0.2) is 71.6 Å². The van der Waals surface area contributed by atoms with Crippen molar-refractivity contribution in [2.45, 2.75) is 97.5 Å². The molecular formula is C30H49N3O5. The highest BCUT2D eigenvalue weighted by molar-refractivity contribution is 5.86. The van der Waals surface area contributed by atoms with Crippen LogP contribution in [0.5, 0.6) is 0 Å². The van der Waals surface area contributed by atoms with Gasteiger partial charge < -0.3 is 14.2 Å². The number of unbranched alkanes of at least 4 members (excludes halogenated alkanes) is 8. The molecule has 1 aliphatic rings. The molecule has 1 fully saturated rings. The number of carbonyl (C=O) groups is 2. The summed E-state index contributed by atoms with van der Waals surface area (Å²) in [4.78, 5) is 29.9. The number of fused-ring (bicyclic) bond motifs is 1. The summed E-state index contributed by atoms with van der Waals surface area (Å²) in [6, 6.07) is 7.45. The molecule has 0 atom stereocenters. The Bertz CT molecular complexity index is 931. The van der Waals surface area contributed by atoms with Gasteiger partial charge in [-0.2, -0.15) is 0 Å². The van der Waals surface area contributed by atoms with Crippen molar-refractivity contribution in [2.75, 3.05) is 39.5 Å². The maximum absolute atomic E-state index is 11.8. The van der Waals surface area contributed by atoms with E-state index in [0.717, 1.165) is 56.7 Å². The molecule has 0 amide bonds. The minimum atomic E-state index is -0.498. The van der Waals surface area contributed by atoms with Gasteiger partial charge in [-0.05, 0) is 39.3 Å². The third kappa shape index (κ3) is 13.4. The van der Waals surface area contributed by atoms with E-state index in [1.54, 1.807) is 0 Å². The van der Waals surface area contributed by atoms with Gasteiger partial charge in [0.15, 0.2) is 0 Å². The topological polar surface area (TPSA) is 82.9 Å². The van der Waals surface area contributed by atoms with Crippen LogP contribution in [0.2, 0.25) is 0 Å². The van der Waals surface area contributed by atoms with Crippen molar-refractivity contribution in [3.63, 3.8) is 0 Å². The van der Waals surface area contributed by atoms with Gasteiger partial charge in [-0.3, -0.25) is 9.69 Å². The molecule has 8 heteroatoms. The number of esters is 1. The molecule has 0 N–H and O–H groups in total. The fourth-order valence-corrected chi connectivity index (χ4v) is 4.18. The van der Waals surface area contributed by atoms with E-state index in [-0.39, 0.29) is 5.97 Å². The standard InChI is InChI=1S/C18H35NO3.C12H14N2O2/c1-2-3-4-5-6-7-8-9-10-11-18(20)22-17-14-19-12-15-21-16-13-19;1-12(2,3)16-11(15)14-8-13-9-6-4-5-7-10(9)14/h2-17H2,1H3;4-8H,1-3H3. The molecule has 1 aliphatic heterocycles. The van der Waals surface area contributed by atoms with Crippen molar-refractivity contribution in [3.05, 3.63) is 30.6 Å². The van der Waals surface area contributed by atoms with Crippen LogP contribution in [0, 0.1) is 0 Å². The highest BCUT2D eigenvalue weighted by atomic mass is 16.6. The molecule has 0 unspecified atom stereocenters. The van der Waals surface area contributed by atoms with Crippen molar-refractivity contribution in [3.8, 4) is 0 Å². The molecule has 214 valence electrons. The number of hydrogen-bond acceptors (Lipinski definition) is 7. The number of carbonyl (C=O) groups excluding carboxylic acids is 2. The first-order valence-corrected chi connectivity index (χ1v) is 14.4. The van der Waals surface area contributed by atoms with Gasteiger partial charge in [0.05, 0.1) is 24.2 Å². The van der Waals surface area contributed by atoms with Gasteiger partial charge in [-0.1, -0.05) is 70.4 Å². The number of benzene rings is 1. The maximum Gasteiger partial charge on any atom is 0.420 e. The van der Waals surface area contributed by atoms with Crippen molar-refractivity contribution in [1.82, 2.24) is 14.5 Å². The molecule has 0 saturated carbocycles. The molecular weight excluding hydrogens is 482 g/mol. The number of morpholine rings is 1. The Kier molecular flexibility index (Phi) is 15.0. The van der Waals surface area contributed by atoms with Crippen molar-refractivity contribution in [1.29, 1.82) is 0 Å². The second kappa shape index (κ2) is 17.9. The minimum absolute atomic E-state index is 0.0313. The normalized spacial score (nSPS) is 14.1. The smallest absolute Gasteiger partial charge is 0.420 e. The number of hydrogen-bond donors (Lipinski definition) is 0. The predicted molar refractivity (Wildman–Crippen MR) is 151 cm³/mol. The van der Waals surface area contributed by atoms with Crippen molar-refractivity contribution < 1.29 is 23.8 Å². The van der Waals surface area contributed by atoms with E-state index in [2.05, 4.69) is 16.8 Å². The van der Waals surface area contributed by atoms with Gasteiger partial charge in [0.2, 0.25) is 0 Å². The van der Waals surface area contributed by atoms with Crippen LogP contribution < -0.4 is 0 Å². The lowest BCUT2D eigenvalue weighted by Gasteiger charge is -2.26. The van der Waals surface area contributed by atoms with E-state index >= 15 is 0 Å². The summed E-state index contributed by atoms with van der Waals surface area (Å²) in [6.07, 6.45) is 13.2. The van der Waals surface area contributed by atoms with Crippen LogP contribution in [0.4, 0.5) is 4.79 Å². The third-order valence-corrected chi connectivity index (χ3v) is 6.30. The van der Waals surface area contributed by atoms with Crippen LogP contribution in [0.1, 0.15) is 91.9 Å². The summed E-state index contributed by atoms with van der Waals surface area (Å²) in [5, 5.41) is 0. The fraction of sp³-hybridized carbons (Fsp3) is 0.700. The SMILES string of the molecule is CC(C)(C)OC(=O)n1cnc2ccccc21.CCCCCCCCCCCC(=O)OCCN1CCOCC1. The molecule has 2 aromatic rings. The molecule has 1 aromatic carbocycles. The number of aromatic nitrogens is 2. The Balaban J connectivity index is 0.000000279. The molecule has 0 spiro atoms. The molecule has 0 bridgehead atoms. The zero-order valence-corrected chi connectivity index (χ0v) is 24.1. The van der Waals surface area contributed by atoms with Gasteiger partial charge in [-0.15, -0.1) is 0 Å². The lowest BCUT2D eigenvalue weighted by molar-refractivity contribution is -0.144. The molecule has 0 radical (unpaired) electrons. The molecule has 0 aliphatic carbocycles. The number of imidazole rings is 1. The number of para-hydroxylation sites is 2. The molecule has 1 saturated heterocycles. The Morgan fingerprint density at radius 2 is 1.58 bits per heavy atom. The van der Waals surface area contributed by atoms with Crippen LogP contribution >= 0.6 is 0 Å². The van der Waals surface area contributed by atoms with Gasteiger partial charge in [-0.25, -0.2) is 14.3 Å². The number of rotatable bonds is 13. The van der Waals surface area contributed by atoms with Crippen molar-refractivity contribution >= 4 is 23.1 Å². The summed E-state index contributed by atoms with van der Waals surface area (Å²) in [7, 11) is 0. The highest BCUT2D eigenvalue weighted by Crippen LogP contribution is 2.15. The molecule has 2 heterocycles. The Labute approximate surface area is 229 Å². The number of nitrogens with zero attached hydrogens (tertiary/aromatic N) is 3. The molecule has 38 heavy (non-hydrogen) atoms. The van der Waals surface area contributed by atoms with Gasteiger partial charge in [0.1, 0.15) is 18.5 Å². The Hall–Kier alpha value is -2.45. The lowest BCUT2D eigenvalue weighted by atomic mass is 10.1. The van der Waals surface area contributed by atoms with Gasteiger partial charge in [0.25, 0.3) is 0 Å². The van der Waals surface area contributed by atoms with Crippen LogP contribution in [0.3, 0.4) is 0 Å². The van der Waals surface area contributed by atoms with E-state index < -0.39 is 11.7 Å². The highest BCUT2D eigenvalue weighted by Gasteiger charge is 2.19. The zero-order valence-electron chi connectivity index (χ0n) is 24.1. The van der Waals surface area contributed by atoms with E-state index in [0.29, 0.717) is 13.0 Å². The lowest BCUT2D eigenvalue weighted by Crippen LogP contribution is -2.38. The fourth-order valence-electron chi connectivity index (χ4n) is 4.18. The average Bonchev–Trinajstić information content (AvgIpc) is 3.32. The average molecular weight is 532 g/mol. The predicted octanol–water partition coefficient (Wildman–Crippen LogP) is 6.60. The van der Waals surface area contributed by atoms with Gasteiger partial charge >= 0.3 is 12.1 Å². The number of ether oxygens (including phenoxy) is 3. The summed E-state index contributed by atoms with van der Waals surface area (Å²) in [5.41, 5.74) is 1.05. The quantitative estimate of drug-likeness (QED) is 0.213. The van der Waals surface area contributed by atoms with E-state index in [1.807, 2.05) is 45.0 Å². The Morgan fingerprint density at radius 3 is 2.24 bits per heavy atom. The summed E-state index contributed by atoms with van der Waals surface area (Å²) in [5.74, 6) is -0.0313. The van der Waals surface area contributed by atoms with Crippen molar-refractivity contribution in [2.24, 2.45) is 0 Å². The monoisotopic (exact) mass is 531 g/mol. The summed E-state index contributed by atoms with van der Waals surface area (Å²) < 4.78 is 17.3. The van der Waals surface area contributed by atoms with Crippen LogP contribution in [-0.2, 0) is 19.0 Å². The zero-order chi connectivity index (χ0) is 27.6. The minimum Gasteiger partial charge on any atom is -0.464 e. The third-order valence-electron chi connectivity index (χ3n) is 6.30. The first-order valence-electron chi connectivity index (χ1n) is 14.4. The molecule has 1 aromatic heterocycles. The largest absolute Gasteiger partial charge is 0.464 e. The van der Waals surface area contributed by atoms with E-state index in [4.69, 9.17) is 14.2 Å². The van der Waals surface area contributed by atoms with E-state index in [9.17, 15) is 9.59 Å². The summed E-state index contributed by atoms with van der Waals surface area (Å²) >= 11 is 0. The first kappa shape index (κ1) is 31.8. The van der Waals surface area contributed by atoms with E-state index in [1.165, 1.54) is 55.8 Å². The van der Waals surface area contributed by atoms with Crippen LogP contribution in [0.25, 0.3) is 11.0 Å². The van der Waals surface area contributed by atoms with Gasteiger partial charge in [0, 0.05) is 26.1 Å². The molecule has 8 nitrogen and oxygen atoms in total. The summed E-state index contributed by atoms with van der Waals surface area (Å²) in [6.45, 7) is 12.6.